The number of hydrogen-bond donors (Lipinski definition) is 1. The molecule has 2 aromatic carbocycles. The Morgan fingerprint density at radius 3 is 2.49 bits per heavy atom. The third kappa shape index (κ3) is 5.79. The highest BCUT2D eigenvalue weighted by molar-refractivity contribution is 7.14. The number of ether oxygens (including phenoxy) is 1. The third-order valence-electron chi connectivity index (χ3n) is 5.32. The van der Waals surface area contributed by atoms with Gasteiger partial charge in [0.2, 0.25) is 0 Å². The maximum absolute atomic E-state index is 14.7. The van der Waals surface area contributed by atoms with Crippen LogP contribution in [-0.4, -0.2) is 30.2 Å². The van der Waals surface area contributed by atoms with Gasteiger partial charge in [0.1, 0.15) is 11.6 Å². The first kappa shape index (κ1) is 26.2. The molecule has 1 N–H and O–H groups in total. The lowest BCUT2D eigenvalue weighted by Gasteiger charge is -2.31. The molecule has 0 bridgehead atoms. The Morgan fingerprint density at radius 2 is 1.86 bits per heavy atom. The minimum atomic E-state index is -1.23. The van der Waals surface area contributed by atoms with E-state index in [2.05, 4.69) is 6.58 Å². The summed E-state index contributed by atoms with van der Waals surface area (Å²) < 4.78 is 20.8. The van der Waals surface area contributed by atoms with Crippen molar-refractivity contribution >= 4 is 28.6 Å². The van der Waals surface area contributed by atoms with E-state index < -0.39 is 12.0 Å². The minimum Gasteiger partial charge on any atom is -0.460 e. The van der Waals surface area contributed by atoms with Crippen LogP contribution in [0.3, 0.4) is 0 Å². The Bertz CT molecular complexity index is 1240. The molecule has 184 valence electrons. The number of para-hydroxylation sites is 1. The molecule has 6 nitrogen and oxygen atoms in total. The smallest absolute Gasteiger partial charge is 0.287 e. The number of allylic oxidation sites excluding steroid dienone is 3. The lowest BCUT2D eigenvalue weighted by Crippen LogP contribution is -2.25. The van der Waals surface area contributed by atoms with E-state index in [1.54, 1.807) is 43.9 Å². The van der Waals surface area contributed by atoms with Crippen molar-refractivity contribution in [3.63, 3.8) is 0 Å². The van der Waals surface area contributed by atoms with Crippen molar-refractivity contribution < 1.29 is 23.9 Å². The Labute approximate surface area is 209 Å². The van der Waals surface area contributed by atoms with Gasteiger partial charge in [0.15, 0.2) is 12.0 Å². The molecule has 0 fully saturated rings. The normalized spacial score (nSPS) is 12.3. The predicted octanol–water partition coefficient (Wildman–Crippen LogP) is 6.44. The highest BCUT2D eigenvalue weighted by Gasteiger charge is 2.29. The van der Waals surface area contributed by atoms with Crippen LogP contribution in [0.1, 0.15) is 38.8 Å². The number of thiophene rings is 1. The lowest BCUT2D eigenvalue weighted by molar-refractivity contribution is -0.0754. The molecule has 3 rings (SSSR count). The van der Waals surface area contributed by atoms with Crippen molar-refractivity contribution in [2.45, 2.75) is 27.0 Å². The van der Waals surface area contributed by atoms with Crippen LogP contribution in [0.25, 0.3) is 0 Å². The average molecular weight is 497 g/mol. The lowest BCUT2D eigenvalue weighted by atomic mass is 10.1. The van der Waals surface area contributed by atoms with Crippen molar-refractivity contribution in [1.29, 1.82) is 0 Å². The van der Waals surface area contributed by atoms with E-state index >= 15 is 0 Å². The topological polar surface area (TPSA) is 62.2 Å². The standard InChI is InChI=1S/C27H29FN2O4S/c1-7-11-19(4)34-24-17(2)14-20(28)16-22(24)30(21-12-9-8-10-13-21)26(31)23-15-18(3)25(35-23)27(32)29(5)33-6/h7-16,26,31H,1H2,2-6H3/b19-11+. The number of aryl methyl sites for hydroxylation is 2. The van der Waals surface area contributed by atoms with Crippen LogP contribution >= 0.6 is 11.3 Å². The summed E-state index contributed by atoms with van der Waals surface area (Å²) in [6.07, 6.45) is 2.06. The van der Waals surface area contributed by atoms with Gasteiger partial charge < -0.3 is 14.7 Å². The number of amides is 1. The van der Waals surface area contributed by atoms with Crippen LogP contribution in [-0.2, 0) is 4.84 Å². The molecule has 0 saturated carbocycles. The van der Waals surface area contributed by atoms with Crippen molar-refractivity contribution in [3.8, 4) is 5.75 Å². The summed E-state index contributed by atoms with van der Waals surface area (Å²) in [7, 11) is 2.93. The summed E-state index contributed by atoms with van der Waals surface area (Å²) in [5.74, 6) is 0.160. The summed E-state index contributed by atoms with van der Waals surface area (Å²) in [4.78, 5) is 20.3. The number of benzene rings is 2. The summed E-state index contributed by atoms with van der Waals surface area (Å²) in [5, 5.41) is 12.7. The molecule has 0 saturated heterocycles. The minimum absolute atomic E-state index is 0.324. The highest BCUT2D eigenvalue weighted by Crippen LogP contribution is 2.44. The van der Waals surface area contributed by atoms with E-state index in [1.807, 2.05) is 30.3 Å². The first-order valence-corrected chi connectivity index (χ1v) is 11.7. The average Bonchev–Trinajstić information content (AvgIpc) is 3.22. The summed E-state index contributed by atoms with van der Waals surface area (Å²) >= 11 is 1.15. The van der Waals surface area contributed by atoms with Gasteiger partial charge in [-0.2, -0.15) is 0 Å². The van der Waals surface area contributed by atoms with Crippen LogP contribution in [0.5, 0.6) is 5.75 Å². The van der Waals surface area contributed by atoms with Crippen molar-refractivity contribution in [1.82, 2.24) is 5.06 Å². The largest absolute Gasteiger partial charge is 0.460 e. The van der Waals surface area contributed by atoms with Gasteiger partial charge in [0, 0.05) is 18.8 Å². The molecule has 8 heteroatoms. The first-order valence-electron chi connectivity index (χ1n) is 10.9. The number of hydrogen-bond acceptors (Lipinski definition) is 6. The van der Waals surface area contributed by atoms with Crippen molar-refractivity contribution in [3.05, 3.63) is 99.7 Å². The van der Waals surface area contributed by atoms with Gasteiger partial charge in [-0.1, -0.05) is 30.9 Å². The Morgan fingerprint density at radius 1 is 1.17 bits per heavy atom. The van der Waals surface area contributed by atoms with Crippen LogP contribution in [0.4, 0.5) is 15.8 Å². The molecular weight excluding hydrogens is 467 g/mol. The number of halogens is 1. The second-order valence-corrected chi connectivity index (χ2v) is 9.00. The highest BCUT2D eigenvalue weighted by atomic mass is 32.1. The fourth-order valence-corrected chi connectivity index (χ4v) is 4.70. The van der Waals surface area contributed by atoms with Gasteiger partial charge in [-0.05, 0) is 62.2 Å². The molecule has 0 aliphatic heterocycles. The molecule has 35 heavy (non-hydrogen) atoms. The predicted molar refractivity (Wildman–Crippen MR) is 137 cm³/mol. The summed E-state index contributed by atoms with van der Waals surface area (Å²) in [5.41, 5.74) is 2.21. The number of anilines is 2. The van der Waals surface area contributed by atoms with Crippen LogP contribution < -0.4 is 9.64 Å². The number of carbonyl (C=O) groups is 1. The number of carbonyl (C=O) groups excluding carboxylic acids is 1. The Hall–Kier alpha value is -3.46. The number of rotatable bonds is 9. The van der Waals surface area contributed by atoms with E-state index in [0.29, 0.717) is 43.8 Å². The molecule has 1 amide bonds. The van der Waals surface area contributed by atoms with Crippen LogP contribution in [0, 0.1) is 19.7 Å². The SMILES string of the molecule is C=C/C=C(\C)Oc1c(C)cc(F)cc1N(c1ccccc1)C(O)c1cc(C)c(C(=O)N(C)OC)s1. The van der Waals surface area contributed by atoms with Gasteiger partial charge in [0.05, 0.1) is 22.6 Å². The van der Waals surface area contributed by atoms with Crippen molar-refractivity contribution in [2.24, 2.45) is 0 Å². The van der Waals surface area contributed by atoms with Crippen molar-refractivity contribution in [2.75, 3.05) is 19.1 Å². The van der Waals surface area contributed by atoms with Gasteiger partial charge in [-0.3, -0.25) is 9.63 Å². The zero-order valence-corrected chi connectivity index (χ0v) is 21.2. The third-order valence-corrected chi connectivity index (χ3v) is 6.58. The number of hydroxylamine groups is 2. The van der Waals surface area contributed by atoms with E-state index in [-0.39, 0.29) is 5.91 Å². The van der Waals surface area contributed by atoms with E-state index in [1.165, 1.54) is 26.3 Å². The van der Waals surface area contributed by atoms with Crippen LogP contribution in [0.2, 0.25) is 0 Å². The molecule has 0 spiro atoms. The maximum Gasteiger partial charge on any atom is 0.287 e. The van der Waals surface area contributed by atoms with Gasteiger partial charge in [0.25, 0.3) is 5.91 Å². The molecule has 1 atom stereocenters. The Kier molecular flexibility index (Phi) is 8.45. The zero-order chi connectivity index (χ0) is 25.7. The molecular formula is C27H29FN2O4S. The zero-order valence-electron chi connectivity index (χ0n) is 20.4. The molecule has 1 aromatic heterocycles. The Balaban J connectivity index is 2.18. The second kappa shape index (κ2) is 11.3. The summed E-state index contributed by atoms with van der Waals surface area (Å²) in [6.45, 7) is 8.99. The second-order valence-electron chi connectivity index (χ2n) is 7.91. The van der Waals surface area contributed by atoms with E-state index in [0.717, 1.165) is 16.4 Å². The van der Waals surface area contributed by atoms with Gasteiger partial charge >= 0.3 is 0 Å². The van der Waals surface area contributed by atoms with Crippen LogP contribution in [0.15, 0.2) is 73.0 Å². The quantitative estimate of drug-likeness (QED) is 0.160. The number of aliphatic hydroxyl groups excluding tert-OH is 1. The summed E-state index contributed by atoms with van der Waals surface area (Å²) in [6, 6.07) is 13.6. The molecule has 0 radical (unpaired) electrons. The molecule has 0 aliphatic carbocycles. The monoisotopic (exact) mass is 496 g/mol. The van der Waals surface area contributed by atoms with Gasteiger partial charge in [-0.25, -0.2) is 9.45 Å². The fraction of sp³-hybridized carbons (Fsp3) is 0.222. The first-order chi connectivity index (χ1) is 16.7. The fourth-order valence-electron chi connectivity index (χ4n) is 3.58. The molecule has 1 unspecified atom stereocenters. The van der Waals surface area contributed by atoms with Gasteiger partial charge in [-0.15, -0.1) is 11.3 Å². The molecule has 1 heterocycles. The number of nitrogens with zero attached hydrogens (tertiary/aromatic N) is 2. The molecule has 0 aliphatic rings. The van der Waals surface area contributed by atoms with E-state index in [9.17, 15) is 14.3 Å². The van der Waals surface area contributed by atoms with E-state index in [4.69, 9.17) is 9.57 Å². The maximum atomic E-state index is 14.7. The number of aliphatic hydroxyl groups is 1. The molecule has 3 aromatic rings.